The first kappa shape index (κ1) is 6.23. The van der Waals surface area contributed by atoms with E-state index in [1.165, 1.54) is 0 Å². The van der Waals surface area contributed by atoms with Crippen molar-refractivity contribution >= 4 is 11.7 Å². The van der Waals surface area contributed by atoms with Crippen LogP contribution in [0.1, 0.15) is 16.1 Å². The molecule has 58 valence electrons. The Labute approximate surface area is 62.4 Å². The second kappa shape index (κ2) is 2.00. The number of hydrazine groups is 1. The zero-order valence-corrected chi connectivity index (χ0v) is 5.64. The first-order chi connectivity index (χ1) is 5.29. The standard InChI is InChI=1S/C6H7N3O2/c10-6(11)5-3-1-8-9-4(3)2-7-5/h2,7-9H,1H2,(H,10,11). The fraction of sp³-hybridized carbons (Fsp3) is 0.167. The first-order valence-corrected chi connectivity index (χ1v) is 3.21. The Hall–Kier alpha value is -1.49. The Morgan fingerprint density at radius 3 is 3.18 bits per heavy atom. The molecule has 4 N–H and O–H groups in total. The molecular formula is C6H7N3O2. The summed E-state index contributed by atoms with van der Waals surface area (Å²) >= 11 is 0. The minimum absolute atomic E-state index is 0.262. The van der Waals surface area contributed by atoms with Crippen LogP contribution in [0.15, 0.2) is 6.20 Å². The van der Waals surface area contributed by atoms with Crippen LogP contribution in [0, 0.1) is 0 Å². The Bertz CT molecular complexity index is 305. The lowest BCUT2D eigenvalue weighted by atomic mass is 10.2. The predicted molar refractivity (Wildman–Crippen MR) is 38.2 cm³/mol. The van der Waals surface area contributed by atoms with Crippen molar-refractivity contribution in [3.05, 3.63) is 17.5 Å². The number of hydrogen-bond donors (Lipinski definition) is 4. The summed E-state index contributed by atoms with van der Waals surface area (Å²) < 4.78 is 0. The van der Waals surface area contributed by atoms with Gasteiger partial charge < -0.3 is 15.5 Å². The summed E-state index contributed by atoms with van der Waals surface area (Å²) in [7, 11) is 0. The number of carbonyl (C=O) groups is 1. The van der Waals surface area contributed by atoms with Crippen LogP contribution in [0.25, 0.3) is 0 Å². The lowest BCUT2D eigenvalue weighted by molar-refractivity contribution is 0.0690. The van der Waals surface area contributed by atoms with Gasteiger partial charge >= 0.3 is 5.97 Å². The fourth-order valence-corrected chi connectivity index (χ4v) is 1.17. The maximum atomic E-state index is 10.5. The third-order valence-electron chi connectivity index (χ3n) is 1.69. The van der Waals surface area contributed by atoms with Crippen molar-refractivity contribution in [1.82, 2.24) is 10.4 Å². The number of aromatic carboxylic acids is 1. The van der Waals surface area contributed by atoms with Gasteiger partial charge in [-0.2, -0.15) is 0 Å². The largest absolute Gasteiger partial charge is 0.477 e. The van der Waals surface area contributed by atoms with Crippen molar-refractivity contribution in [2.45, 2.75) is 6.54 Å². The highest BCUT2D eigenvalue weighted by Gasteiger charge is 2.19. The summed E-state index contributed by atoms with van der Waals surface area (Å²) in [4.78, 5) is 13.2. The van der Waals surface area contributed by atoms with E-state index >= 15 is 0 Å². The molecule has 5 nitrogen and oxygen atoms in total. The van der Waals surface area contributed by atoms with Crippen LogP contribution in [0.4, 0.5) is 5.69 Å². The summed E-state index contributed by atoms with van der Waals surface area (Å²) in [6.45, 7) is 0.556. The second-order valence-corrected chi connectivity index (χ2v) is 2.34. The van der Waals surface area contributed by atoms with Crippen LogP contribution in [-0.2, 0) is 6.54 Å². The minimum atomic E-state index is -0.920. The maximum Gasteiger partial charge on any atom is 0.352 e. The molecule has 2 heterocycles. The topological polar surface area (TPSA) is 77.1 Å². The number of aromatic amines is 1. The van der Waals surface area contributed by atoms with Crippen molar-refractivity contribution in [1.29, 1.82) is 0 Å². The molecule has 1 aliphatic rings. The highest BCUT2D eigenvalue weighted by molar-refractivity contribution is 5.90. The van der Waals surface area contributed by atoms with Gasteiger partial charge in [0.15, 0.2) is 0 Å². The van der Waals surface area contributed by atoms with Crippen LogP contribution in [0.5, 0.6) is 0 Å². The lowest BCUT2D eigenvalue weighted by Gasteiger charge is -1.91. The van der Waals surface area contributed by atoms with Gasteiger partial charge in [-0.3, -0.25) is 0 Å². The molecule has 11 heavy (non-hydrogen) atoms. The number of carboxylic acids is 1. The molecule has 0 aliphatic carbocycles. The molecule has 0 bridgehead atoms. The average Bonchev–Trinajstić information content (AvgIpc) is 2.41. The number of aromatic nitrogens is 1. The SMILES string of the molecule is O=C(O)c1[nH]cc2c1CNN2. The van der Waals surface area contributed by atoms with E-state index in [0.29, 0.717) is 6.54 Å². The van der Waals surface area contributed by atoms with Crippen LogP contribution in [-0.4, -0.2) is 16.1 Å². The first-order valence-electron chi connectivity index (χ1n) is 3.21. The van der Waals surface area contributed by atoms with Crippen molar-refractivity contribution in [2.75, 3.05) is 5.43 Å². The molecule has 0 atom stereocenters. The van der Waals surface area contributed by atoms with Gasteiger partial charge in [0, 0.05) is 18.3 Å². The van der Waals surface area contributed by atoms with Crippen LogP contribution in [0.2, 0.25) is 0 Å². The van der Waals surface area contributed by atoms with Crippen molar-refractivity contribution < 1.29 is 9.90 Å². The van der Waals surface area contributed by atoms with Crippen LogP contribution < -0.4 is 10.9 Å². The van der Waals surface area contributed by atoms with Crippen molar-refractivity contribution in [3.8, 4) is 0 Å². The van der Waals surface area contributed by atoms with E-state index in [1.54, 1.807) is 6.20 Å². The number of fused-ring (bicyclic) bond motifs is 1. The number of hydrogen-bond acceptors (Lipinski definition) is 3. The number of H-pyrrole nitrogens is 1. The molecule has 5 heteroatoms. The molecule has 0 amide bonds. The summed E-state index contributed by atoms with van der Waals surface area (Å²) in [6, 6.07) is 0. The zero-order valence-electron chi connectivity index (χ0n) is 5.64. The molecule has 1 aromatic heterocycles. The average molecular weight is 153 g/mol. The molecule has 0 unspecified atom stereocenters. The quantitative estimate of drug-likeness (QED) is 0.463. The van der Waals surface area contributed by atoms with Crippen LogP contribution in [0.3, 0.4) is 0 Å². The van der Waals surface area contributed by atoms with E-state index in [4.69, 9.17) is 5.11 Å². The predicted octanol–water partition coefficient (Wildman–Crippen LogP) is 0.143. The van der Waals surface area contributed by atoms with Crippen molar-refractivity contribution in [3.63, 3.8) is 0 Å². The normalized spacial score (nSPS) is 14.2. The monoisotopic (exact) mass is 153 g/mol. The van der Waals surface area contributed by atoms with Gasteiger partial charge in [-0.25, -0.2) is 10.2 Å². The van der Waals surface area contributed by atoms with Gasteiger partial charge in [-0.15, -0.1) is 0 Å². The molecule has 0 fully saturated rings. The van der Waals surface area contributed by atoms with E-state index in [1.807, 2.05) is 0 Å². The van der Waals surface area contributed by atoms with Gasteiger partial charge in [0.05, 0.1) is 5.69 Å². The van der Waals surface area contributed by atoms with E-state index in [9.17, 15) is 4.79 Å². The number of rotatable bonds is 1. The molecule has 1 aromatic rings. The fourth-order valence-electron chi connectivity index (χ4n) is 1.17. The molecule has 0 saturated carbocycles. The van der Waals surface area contributed by atoms with Gasteiger partial charge in [-0.05, 0) is 0 Å². The Morgan fingerprint density at radius 2 is 2.45 bits per heavy atom. The number of nitrogens with one attached hydrogen (secondary N) is 3. The summed E-state index contributed by atoms with van der Waals surface area (Å²) in [6.07, 6.45) is 1.64. The second-order valence-electron chi connectivity index (χ2n) is 2.34. The van der Waals surface area contributed by atoms with E-state index in [0.717, 1.165) is 11.3 Å². The van der Waals surface area contributed by atoms with Gasteiger partial charge in [0.1, 0.15) is 5.69 Å². The maximum absolute atomic E-state index is 10.5. The van der Waals surface area contributed by atoms with Gasteiger partial charge in [0.2, 0.25) is 0 Å². The molecule has 0 saturated heterocycles. The van der Waals surface area contributed by atoms with E-state index in [-0.39, 0.29) is 5.69 Å². The summed E-state index contributed by atoms with van der Waals surface area (Å²) in [5.74, 6) is -0.920. The lowest BCUT2D eigenvalue weighted by Crippen LogP contribution is -2.12. The molecule has 0 aromatic carbocycles. The van der Waals surface area contributed by atoms with Gasteiger partial charge in [-0.1, -0.05) is 0 Å². The third kappa shape index (κ3) is 0.779. The Balaban J connectivity index is 2.50. The summed E-state index contributed by atoms with van der Waals surface area (Å²) in [5, 5.41) is 8.65. The Morgan fingerprint density at radius 1 is 1.64 bits per heavy atom. The summed E-state index contributed by atoms with van der Waals surface area (Å²) in [5.41, 5.74) is 7.53. The minimum Gasteiger partial charge on any atom is -0.477 e. The van der Waals surface area contributed by atoms with Crippen LogP contribution >= 0.6 is 0 Å². The number of anilines is 1. The molecule has 2 rings (SSSR count). The van der Waals surface area contributed by atoms with E-state index < -0.39 is 5.97 Å². The molecule has 0 spiro atoms. The number of carboxylic acid groups (broad SMARTS) is 1. The van der Waals surface area contributed by atoms with Gasteiger partial charge in [0.25, 0.3) is 0 Å². The third-order valence-corrected chi connectivity index (χ3v) is 1.69. The molecule has 0 radical (unpaired) electrons. The highest BCUT2D eigenvalue weighted by atomic mass is 16.4. The smallest absolute Gasteiger partial charge is 0.352 e. The molecule has 1 aliphatic heterocycles. The van der Waals surface area contributed by atoms with E-state index in [2.05, 4.69) is 15.8 Å². The Kier molecular flexibility index (Phi) is 1.13. The molecular weight excluding hydrogens is 146 g/mol. The van der Waals surface area contributed by atoms with Crippen molar-refractivity contribution in [2.24, 2.45) is 0 Å². The highest BCUT2D eigenvalue weighted by Crippen LogP contribution is 2.22. The zero-order chi connectivity index (χ0) is 7.84.